The van der Waals surface area contributed by atoms with Crippen LogP contribution in [-0.4, -0.2) is 15.0 Å². The van der Waals surface area contributed by atoms with Crippen LogP contribution in [0.1, 0.15) is 22.9 Å². The molecule has 7 aromatic carbocycles. The van der Waals surface area contributed by atoms with Gasteiger partial charge >= 0.3 is 5.69 Å². The molecule has 0 aliphatic heterocycles. The lowest BCUT2D eigenvalue weighted by molar-refractivity contribution is 0.682. The minimum Gasteiger partial charge on any atom is -0.350 e. The maximum atomic E-state index is 12.8. The number of nitrogens with zero attached hydrogens (tertiary/aromatic N) is 3. The first-order chi connectivity index (χ1) is 24.9. The van der Waals surface area contributed by atoms with Gasteiger partial charge in [0.2, 0.25) is 0 Å². The lowest BCUT2D eigenvalue weighted by Crippen LogP contribution is -2.35. The van der Waals surface area contributed by atoms with Crippen molar-refractivity contribution in [1.82, 2.24) is 14.5 Å². The van der Waals surface area contributed by atoms with E-state index in [0.717, 1.165) is 66.0 Å². The normalized spacial score (nSPS) is 12.4. The van der Waals surface area contributed by atoms with Crippen LogP contribution in [0.4, 0.5) is 0 Å². The lowest BCUT2D eigenvalue weighted by atomic mass is 9.87. The van der Waals surface area contributed by atoms with Crippen molar-refractivity contribution in [3.05, 3.63) is 185 Å². The SMILES string of the molecule is C=C(N=C(NC(N)c1ccccc1)c1ccccc1-c1ccc2c(c1)n(C)c(=O)n2C)c1c2ccccc2c(-c2ccccc2)c2ccccc12. The fourth-order valence-corrected chi connectivity index (χ4v) is 7.22. The first-order valence-corrected chi connectivity index (χ1v) is 17.0. The number of aromatic nitrogens is 2. The summed E-state index contributed by atoms with van der Waals surface area (Å²) in [6.45, 7) is 4.63. The van der Waals surface area contributed by atoms with E-state index in [2.05, 4.69) is 103 Å². The third-order valence-corrected chi connectivity index (χ3v) is 9.75. The van der Waals surface area contributed by atoms with E-state index in [4.69, 9.17) is 10.7 Å². The zero-order valence-corrected chi connectivity index (χ0v) is 28.5. The molecule has 8 rings (SSSR count). The second-order valence-electron chi connectivity index (χ2n) is 12.8. The second-order valence-corrected chi connectivity index (χ2v) is 12.8. The number of nitrogens with two attached hydrogens (primary N) is 1. The highest BCUT2D eigenvalue weighted by atomic mass is 16.1. The van der Waals surface area contributed by atoms with Crippen LogP contribution < -0.4 is 16.7 Å². The summed E-state index contributed by atoms with van der Waals surface area (Å²) in [6.07, 6.45) is -0.544. The van der Waals surface area contributed by atoms with Gasteiger partial charge in [0.1, 0.15) is 12.0 Å². The lowest BCUT2D eigenvalue weighted by Gasteiger charge is -2.21. The molecule has 0 aliphatic rings. The van der Waals surface area contributed by atoms with Gasteiger partial charge in [-0.1, -0.05) is 146 Å². The Morgan fingerprint density at radius 1 is 0.647 bits per heavy atom. The van der Waals surface area contributed by atoms with Crippen LogP contribution in [0.3, 0.4) is 0 Å². The average molecular weight is 664 g/mol. The molecule has 0 saturated heterocycles. The Bertz CT molecular complexity index is 2630. The molecule has 51 heavy (non-hydrogen) atoms. The molecule has 0 bridgehead atoms. The second kappa shape index (κ2) is 13.1. The summed E-state index contributed by atoms with van der Waals surface area (Å²) in [4.78, 5) is 18.1. The molecule has 1 atom stereocenters. The Morgan fingerprint density at radius 2 is 1.20 bits per heavy atom. The van der Waals surface area contributed by atoms with E-state index in [9.17, 15) is 4.79 Å². The van der Waals surface area contributed by atoms with Gasteiger partial charge in [-0.05, 0) is 61.5 Å². The zero-order valence-electron chi connectivity index (χ0n) is 28.5. The standard InChI is InChI=1S/C45H37N5O/c1-29(41-34-21-11-13-23-36(34)42(30-16-6-4-7-17-30)37-24-14-12-22-35(37)41)47-44(48-43(46)31-18-8-5-9-19-31)38-25-15-10-20-33(38)32-26-27-39-40(28-32)50(3)45(51)49(39)2/h4-28,43H,1,46H2,2-3H3,(H,47,48). The number of rotatable bonds is 7. The maximum Gasteiger partial charge on any atom is 0.328 e. The van der Waals surface area contributed by atoms with Crippen molar-refractivity contribution >= 4 is 44.1 Å². The van der Waals surface area contributed by atoms with E-state index in [-0.39, 0.29) is 5.69 Å². The van der Waals surface area contributed by atoms with E-state index in [0.29, 0.717) is 11.5 Å². The molecule has 1 unspecified atom stereocenters. The number of benzene rings is 7. The van der Waals surface area contributed by atoms with Gasteiger partial charge in [-0.2, -0.15) is 0 Å². The quantitative estimate of drug-likeness (QED) is 0.0773. The number of aliphatic imine (C=N–C) groups is 1. The van der Waals surface area contributed by atoms with Crippen molar-refractivity contribution in [2.24, 2.45) is 24.8 Å². The fourth-order valence-electron chi connectivity index (χ4n) is 7.22. The molecule has 3 N–H and O–H groups in total. The summed E-state index contributed by atoms with van der Waals surface area (Å²) >= 11 is 0. The van der Waals surface area contributed by atoms with Crippen LogP contribution in [0, 0.1) is 0 Å². The third-order valence-electron chi connectivity index (χ3n) is 9.75. The van der Waals surface area contributed by atoms with Gasteiger partial charge in [0.15, 0.2) is 0 Å². The minimum absolute atomic E-state index is 0.0674. The molecular formula is C45H37N5O. The Morgan fingerprint density at radius 3 is 1.86 bits per heavy atom. The summed E-state index contributed by atoms with van der Waals surface area (Å²) in [5.41, 5.74) is 16.1. The molecule has 0 aliphatic carbocycles. The van der Waals surface area contributed by atoms with Crippen molar-refractivity contribution in [3.63, 3.8) is 0 Å². The molecule has 1 heterocycles. The first-order valence-electron chi connectivity index (χ1n) is 17.0. The highest BCUT2D eigenvalue weighted by Crippen LogP contribution is 2.42. The van der Waals surface area contributed by atoms with Crippen LogP contribution in [0.25, 0.3) is 60.5 Å². The molecular weight excluding hydrogens is 627 g/mol. The summed E-state index contributed by atoms with van der Waals surface area (Å²) in [5, 5.41) is 7.96. The van der Waals surface area contributed by atoms with E-state index in [1.54, 1.807) is 23.2 Å². The van der Waals surface area contributed by atoms with Crippen LogP contribution in [-0.2, 0) is 14.1 Å². The van der Waals surface area contributed by atoms with Crippen LogP contribution >= 0.6 is 0 Å². The molecule has 8 aromatic rings. The van der Waals surface area contributed by atoms with Crippen LogP contribution in [0.2, 0.25) is 0 Å². The molecule has 0 spiro atoms. The van der Waals surface area contributed by atoms with E-state index in [1.807, 2.05) is 60.7 Å². The Balaban J connectivity index is 1.34. The number of hydrogen-bond acceptors (Lipinski definition) is 3. The van der Waals surface area contributed by atoms with Gasteiger partial charge in [0, 0.05) is 25.2 Å². The minimum atomic E-state index is -0.544. The predicted molar refractivity (Wildman–Crippen MR) is 213 cm³/mol. The van der Waals surface area contributed by atoms with Crippen LogP contribution in [0.5, 0.6) is 0 Å². The van der Waals surface area contributed by atoms with Crippen molar-refractivity contribution in [1.29, 1.82) is 0 Å². The maximum absolute atomic E-state index is 12.8. The smallest absolute Gasteiger partial charge is 0.328 e. The van der Waals surface area contributed by atoms with E-state index >= 15 is 0 Å². The zero-order chi connectivity index (χ0) is 35.1. The van der Waals surface area contributed by atoms with Crippen LogP contribution in [0.15, 0.2) is 168 Å². The molecule has 248 valence electrons. The number of amidine groups is 1. The molecule has 6 nitrogen and oxygen atoms in total. The molecule has 6 heteroatoms. The summed E-state index contributed by atoms with van der Waals surface area (Å²) < 4.78 is 3.34. The molecule has 0 radical (unpaired) electrons. The summed E-state index contributed by atoms with van der Waals surface area (Å²) in [6, 6.07) is 51.7. The van der Waals surface area contributed by atoms with Gasteiger partial charge in [-0.15, -0.1) is 0 Å². The van der Waals surface area contributed by atoms with Gasteiger partial charge < -0.3 is 11.1 Å². The Labute approximate surface area is 296 Å². The van der Waals surface area contributed by atoms with Gasteiger partial charge in [0.05, 0.1) is 16.7 Å². The highest BCUT2D eigenvalue weighted by Gasteiger charge is 2.20. The van der Waals surface area contributed by atoms with E-state index in [1.165, 1.54) is 5.56 Å². The number of aryl methyl sites for hydroxylation is 2. The van der Waals surface area contributed by atoms with E-state index < -0.39 is 6.17 Å². The number of imidazole rings is 1. The number of nitrogens with one attached hydrogen (secondary N) is 1. The van der Waals surface area contributed by atoms with Gasteiger partial charge in [0.25, 0.3) is 0 Å². The van der Waals surface area contributed by atoms with Crippen molar-refractivity contribution < 1.29 is 0 Å². The van der Waals surface area contributed by atoms with Crippen molar-refractivity contribution in [2.45, 2.75) is 6.17 Å². The monoisotopic (exact) mass is 663 g/mol. The van der Waals surface area contributed by atoms with Crippen molar-refractivity contribution in [2.75, 3.05) is 0 Å². The fraction of sp³-hybridized carbons (Fsp3) is 0.0667. The Hall–Kier alpha value is -6.50. The van der Waals surface area contributed by atoms with Gasteiger partial charge in [-0.3, -0.25) is 9.13 Å². The van der Waals surface area contributed by atoms with Gasteiger partial charge in [-0.25, -0.2) is 9.79 Å². The number of hydrogen-bond donors (Lipinski definition) is 2. The Kier molecular flexibility index (Phi) is 8.14. The average Bonchev–Trinajstić information content (AvgIpc) is 3.39. The summed E-state index contributed by atoms with van der Waals surface area (Å²) in [5.74, 6) is 0.592. The third kappa shape index (κ3) is 5.62. The largest absolute Gasteiger partial charge is 0.350 e. The summed E-state index contributed by atoms with van der Waals surface area (Å²) in [7, 11) is 3.60. The predicted octanol–water partition coefficient (Wildman–Crippen LogP) is 9.18. The molecule has 0 amide bonds. The number of fused-ring (bicyclic) bond motifs is 3. The molecule has 0 saturated carbocycles. The molecule has 0 fully saturated rings. The first kappa shape index (κ1) is 31.7. The highest BCUT2D eigenvalue weighted by molar-refractivity contribution is 6.19. The topological polar surface area (TPSA) is 77.3 Å². The molecule has 1 aromatic heterocycles. The van der Waals surface area contributed by atoms with Crippen molar-refractivity contribution in [3.8, 4) is 22.3 Å².